The van der Waals surface area contributed by atoms with Crippen LogP contribution in [-0.2, 0) is 17.6 Å². The molecule has 168 valence electrons. The number of nitrogens with zero attached hydrogens (tertiary/aromatic N) is 4. The van der Waals surface area contributed by atoms with Crippen molar-refractivity contribution in [3.63, 3.8) is 0 Å². The van der Waals surface area contributed by atoms with Gasteiger partial charge >= 0.3 is 0 Å². The van der Waals surface area contributed by atoms with E-state index < -0.39 is 12.8 Å². The van der Waals surface area contributed by atoms with Gasteiger partial charge in [0.25, 0.3) is 0 Å². The second kappa shape index (κ2) is 9.55. The number of aliphatic hydroxyl groups excluding tert-OH is 1. The number of aliphatic hydroxyl groups is 1. The minimum Gasteiger partial charge on any atom is -0.491 e. The Morgan fingerprint density at radius 3 is 2.84 bits per heavy atom. The lowest BCUT2D eigenvalue weighted by molar-refractivity contribution is -0.121. The maximum Gasteiger partial charge on any atom is 0.239 e. The van der Waals surface area contributed by atoms with E-state index in [-0.39, 0.29) is 24.6 Å². The van der Waals surface area contributed by atoms with Gasteiger partial charge in [0.2, 0.25) is 5.91 Å². The molecule has 3 rings (SSSR count). The summed E-state index contributed by atoms with van der Waals surface area (Å²) in [4.78, 5) is 28.0. The topological polar surface area (TPSA) is 100 Å². The lowest BCUT2D eigenvalue weighted by Gasteiger charge is -2.25. The molecule has 1 aliphatic rings. The van der Waals surface area contributed by atoms with Crippen LogP contribution in [0, 0.1) is 0 Å². The number of nitrogens with one attached hydrogen (secondary N) is 1. The molecule has 0 bridgehead atoms. The highest BCUT2D eigenvalue weighted by Gasteiger charge is 2.24. The normalized spacial score (nSPS) is 14.1. The molecule has 0 unspecified atom stereocenters. The zero-order chi connectivity index (χ0) is 22.6. The molecule has 0 radical (unpaired) electrons. The fraction of sp³-hybridized carbons (Fsp3) is 0.545. The van der Waals surface area contributed by atoms with Crippen molar-refractivity contribution in [3.8, 4) is 17.3 Å². The molecule has 1 aliphatic carbocycles. The van der Waals surface area contributed by atoms with Crippen molar-refractivity contribution < 1.29 is 19.0 Å². The molecule has 1 amide bonds. The van der Waals surface area contributed by atoms with Gasteiger partial charge in [-0.25, -0.2) is 14.4 Å². The lowest BCUT2D eigenvalue weighted by Crippen LogP contribution is -2.45. The molecule has 2 N–H and O–H groups in total. The van der Waals surface area contributed by atoms with Crippen LogP contribution in [0.15, 0.2) is 18.3 Å². The first kappa shape index (κ1) is 22.9. The standard InChI is InChI=1S/C22H30FN5O3/c1-22(2,3)27-19(30)12-28(4)21-16-6-5-7-17(16)25-20(26-21)18-10-15(8-9-24-18)31-13-14(29)11-23/h8-10,14,29H,5-7,11-13H2,1-4H3,(H,27,30)/t14-/m1/s1. The average molecular weight is 432 g/mol. The maximum atomic E-state index is 12.5. The number of hydrogen-bond donors (Lipinski definition) is 2. The van der Waals surface area contributed by atoms with Crippen molar-refractivity contribution in [2.24, 2.45) is 0 Å². The number of pyridine rings is 1. The van der Waals surface area contributed by atoms with E-state index in [9.17, 15) is 14.3 Å². The van der Waals surface area contributed by atoms with E-state index in [0.29, 0.717) is 17.3 Å². The monoisotopic (exact) mass is 431 g/mol. The molecular formula is C22H30FN5O3. The minimum absolute atomic E-state index is 0.0816. The number of aryl methyl sites for hydroxylation is 1. The summed E-state index contributed by atoms with van der Waals surface area (Å²) in [5.41, 5.74) is 2.23. The van der Waals surface area contributed by atoms with Gasteiger partial charge in [-0.1, -0.05) is 0 Å². The molecule has 0 saturated carbocycles. The third kappa shape index (κ3) is 6.10. The van der Waals surface area contributed by atoms with Crippen LogP contribution in [0.3, 0.4) is 0 Å². The van der Waals surface area contributed by atoms with Crippen molar-refractivity contribution in [2.45, 2.75) is 51.7 Å². The van der Waals surface area contributed by atoms with Crippen LogP contribution in [0.25, 0.3) is 11.5 Å². The summed E-state index contributed by atoms with van der Waals surface area (Å²) in [7, 11) is 1.85. The highest BCUT2D eigenvalue weighted by Crippen LogP contribution is 2.31. The van der Waals surface area contributed by atoms with Gasteiger partial charge in [0.1, 0.15) is 36.6 Å². The van der Waals surface area contributed by atoms with E-state index in [1.165, 1.54) is 0 Å². The third-order valence-electron chi connectivity index (χ3n) is 4.75. The van der Waals surface area contributed by atoms with Crippen LogP contribution in [0.5, 0.6) is 5.75 Å². The van der Waals surface area contributed by atoms with Crippen LogP contribution in [0.2, 0.25) is 0 Å². The molecule has 9 heteroatoms. The Balaban J connectivity index is 1.86. The molecule has 0 aromatic carbocycles. The van der Waals surface area contributed by atoms with Gasteiger partial charge in [0.05, 0.1) is 6.54 Å². The summed E-state index contributed by atoms with van der Waals surface area (Å²) in [6.45, 7) is 4.99. The SMILES string of the molecule is CN(CC(=O)NC(C)(C)C)c1nc(-c2cc(OC[C@H](O)CF)ccn2)nc2c1CCC2. The van der Waals surface area contributed by atoms with Crippen LogP contribution < -0.4 is 15.0 Å². The number of hydrogen-bond acceptors (Lipinski definition) is 7. The van der Waals surface area contributed by atoms with E-state index in [1.54, 1.807) is 18.3 Å². The summed E-state index contributed by atoms with van der Waals surface area (Å²) in [5.74, 6) is 1.53. The molecule has 1 atom stereocenters. The highest BCUT2D eigenvalue weighted by molar-refractivity contribution is 5.82. The Morgan fingerprint density at radius 2 is 2.13 bits per heavy atom. The van der Waals surface area contributed by atoms with Crippen molar-refractivity contribution in [1.29, 1.82) is 0 Å². The number of alkyl halides is 1. The third-order valence-corrected chi connectivity index (χ3v) is 4.75. The maximum absolute atomic E-state index is 12.5. The Labute approximate surface area is 181 Å². The van der Waals surface area contributed by atoms with Gasteiger partial charge in [0, 0.05) is 36.1 Å². The Morgan fingerprint density at radius 1 is 1.35 bits per heavy atom. The fourth-order valence-electron chi connectivity index (χ4n) is 3.45. The molecular weight excluding hydrogens is 401 g/mol. The summed E-state index contributed by atoms with van der Waals surface area (Å²) in [6.07, 6.45) is 3.09. The fourth-order valence-corrected chi connectivity index (χ4v) is 3.45. The summed E-state index contributed by atoms with van der Waals surface area (Å²) in [6, 6.07) is 3.30. The van der Waals surface area contributed by atoms with Crippen molar-refractivity contribution >= 4 is 11.7 Å². The zero-order valence-corrected chi connectivity index (χ0v) is 18.5. The number of carbonyl (C=O) groups is 1. The van der Waals surface area contributed by atoms with Crippen LogP contribution in [0.1, 0.15) is 38.4 Å². The summed E-state index contributed by atoms with van der Waals surface area (Å²) < 4.78 is 17.9. The highest BCUT2D eigenvalue weighted by atomic mass is 19.1. The molecule has 0 spiro atoms. The first-order valence-corrected chi connectivity index (χ1v) is 10.4. The van der Waals surface area contributed by atoms with Gasteiger partial charge in [0.15, 0.2) is 5.82 Å². The number of aromatic nitrogens is 3. The number of halogens is 1. The zero-order valence-electron chi connectivity index (χ0n) is 18.5. The van der Waals surface area contributed by atoms with Crippen LogP contribution in [-0.4, -0.2) is 64.5 Å². The first-order valence-electron chi connectivity index (χ1n) is 10.4. The summed E-state index contributed by atoms with van der Waals surface area (Å²) in [5, 5.41) is 12.3. The molecule has 8 nitrogen and oxygen atoms in total. The second-order valence-corrected chi connectivity index (χ2v) is 8.80. The van der Waals surface area contributed by atoms with Crippen LogP contribution in [0.4, 0.5) is 10.2 Å². The van der Waals surface area contributed by atoms with Gasteiger partial charge in [-0.05, 0) is 46.1 Å². The average Bonchev–Trinajstić information content (AvgIpc) is 3.18. The molecule has 2 aromatic heterocycles. The Bertz CT molecular complexity index is 932. The second-order valence-electron chi connectivity index (χ2n) is 8.80. The number of anilines is 1. The van der Waals surface area contributed by atoms with Crippen molar-refractivity contribution in [1.82, 2.24) is 20.3 Å². The molecule has 0 saturated heterocycles. The number of ether oxygens (including phenoxy) is 1. The van der Waals surface area contributed by atoms with E-state index in [4.69, 9.17) is 14.7 Å². The number of fused-ring (bicyclic) bond motifs is 1. The first-order chi connectivity index (χ1) is 14.7. The minimum atomic E-state index is -1.17. The lowest BCUT2D eigenvalue weighted by atomic mass is 10.1. The quantitative estimate of drug-likeness (QED) is 0.660. The number of amides is 1. The van der Waals surface area contributed by atoms with Crippen molar-refractivity contribution in [3.05, 3.63) is 29.6 Å². The molecule has 2 heterocycles. The largest absolute Gasteiger partial charge is 0.491 e. The number of carbonyl (C=O) groups excluding carboxylic acids is 1. The number of likely N-dealkylation sites (N-methyl/N-ethyl adjacent to an activating group) is 1. The molecule has 31 heavy (non-hydrogen) atoms. The Hall–Kier alpha value is -2.81. The van der Waals surface area contributed by atoms with Crippen molar-refractivity contribution in [2.75, 3.05) is 31.8 Å². The van der Waals surface area contributed by atoms with Gasteiger partial charge < -0.3 is 20.1 Å². The van der Waals surface area contributed by atoms with Crippen LogP contribution >= 0.6 is 0 Å². The Kier molecular flexibility index (Phi) is 7.04. The smallest absolute Gasteiger partial charge is 0.239 e. The van der Waals surface area contributed by atoms with E-state index >= 15 is 0 Å². The van der Waals surface area contributed by atoms with E-state index in [0.717, 1.165) is 36.3 Å². The predicted octanol–water partition coefficient (Wildman–Crippen LogP) is 2.09. The predicted molar refractivity (Wildman–Crippen MR) is 116 cm³/mol. The number of rotatable bonds is 8. The van der Waals surface area contributed by atoms with Gasteiger partial charge in [-0.3, -0.25) is 9.78 Å². The van der Waals surface area contributed by atoms with E-state index in [1.807, 2.05) is 32.7 Å². The van der Waals surface area contributed by atoms with Gasteiger partial charge in [-0.2, -0.15) is 0 Å². The molecule has 0 fully saturated rings. The molecule has 0 aliphatic heterocycles. The molecule has 2 aromatic rings. The summed E-state index contributed by atoms with van der Waals surface area (Å²) >= 11 is 0. The van der Waals surface area contributed by atoms with E-state index in [2.05, 4.69) is 10.3 Å². The van der Waals surface area contributed by atoms with Gasteiger partial charge in [-0.15, -0.1) is 0 Å².